The van der Waals surface area contributed by atoms with Gasteiger partial charge in [-0.05, 0) is 66.6 Å². The Kier molecular flexibility index (Phi) is 7.54. The van der Waals surface area contributed by atoms with Gasteiger partial charge in [0.25, 0.3) is 5.91 Å². The van der Waals surface area contributed by atoms with Gasteiger partial charge >= 0.3 is 0 Å². The summed E-state index contributed by atoms with van der Waals surface area (Å²) in [4.78, 5) is 12.4. The van der Waals surface area contributed by atoms with Crippen molar-refractivity contribution in [3.8, 4) is 11.3 Å². The van der Waals surface area contributed by atoms with Crippen LogP contribution in [-0.2, 0) is 21.4 Å². The number of ether oxygens (including phenoxy) is 1. The van der Waals surface area contributed by atoms with E-state index in [0.29, 0.717) is 34.4 Å². The Morgan fingerprint density at radius 1 is 1.10 bits per heavy atom. The van der Waals surface area contributed by atoms with E-state index in [1.807, 2.05) is 30.3 Å². The number of benzene rings is 3. The quantitative estimate of drug-likeness (QED) is 0.207. The van der Waals surface area contributed by atoms with Crippen LogP contribution in [0, 0.1) is 5.82 Å². The molecule has 1 heterocycles. The Morgan fingerprint density at radius 2 is 1.82 bits per heavy atom. The van der Waals surface area contributed by atoms with E-state index >= 15 is 0 Å². The van der Waals surface area contributed by atoms with Crippen molar-refractivity contribution in [2.75, 3.05) is 17.1 Å². The third-order valence-corrected chi connectivity index (χ3v) is 7.91. The summed E-state index contributed by atoms with van der Waals surface area (Å²) in [7, 11) is -3.72. The fourth-order valence-electron chi connectivity index (χ4n) is 4.49. The van der Waals surface area contributed by atoms with Gasteiger partial charge in [0.1, 0.15) is 17.2 Å². The molecule has 0 atom stereocenters. The van der Waals surface area contributed by atoms with E-state index in [1.165, 1.54) is 24.3 Å². The van der Waals surface area contributed by atoms with Crippen molar-refractivity contribution in [1.29, 1.82) is 0 Å². The summed E-state index contributed by atoms with van der Waals surface area (Å²) >= 11 is 0. The fraction of sp³-hybridized carbons (Fsp3) is 0.233. The number of nitrogens with two attached hydrogens (primary N) is 1. The number of hydrogen-bond donors (Lipinski definition) is 2. The minimum atomic E-state index is -3.72. The maximum absolute atomic E-state index is 13.5. The van der Waals surface area contributed by atoms with Crippen molar-refractivity contribution in [1.82, 2.24) is 0 Å². The number of halogens is 1. The molecule has 1 fully saturated rings. The molecule has 39 heavy (non-hydrogen) atoms. The van der Waals surface area contributed by atoms with Crippen LogP contribution >= 0.6 is 0 Å². The van der Waals surface area contributed by atoms with E-state index in [1.54, 1.807) is 12.1 Å². The SMILES string of the molecule is C=C(CCS(=O)(=O)Nc1cc2oc(-c3ccc(F)cc3)c(C(N)=O)c2cc1C1CC1)COCc1ccccc1. The lowest BCUT2D eigenvalue weighted by atomic mass is 10.0. The molecule has 3 N–H and O–H groups in total. The average Bonchev–Trinajstić information content (AvgIpc) is 3.68. The molecule has 3 aromatic carbocycles. The number of fused-ring (bicyclic) bond motifs is 1. The maximum Gasteiger partial charge on any atom is 0.253 e. The molecule has 0 radical (unpaired) electrons. The predicted molar refractivity (Wildman–Crippen MR) is 149 cm³/mol. The molecule has 0 unspecified atom stereocenters. The molecule has 0 bridgehead atoms. The van der Waals surface area contributed by atoms with Crippen molar-refractivity contribution in [2.24, 2.45) is 5.73 Å². The van der Waals surface area contributed by atoms with Crippen LogP contribution in [0.2, 0.25) is 0 Å². The number of anilines is 1. The molecule has 0 spiro atoms. The number of sulfonamides is 1. The van der Waals surface area contributed by atoms with Gasteiger partial charge in [0.05, 0.1) is 30.2 Å². The van der Waals surface area contributed by atoms with Crippen LogP contribution in [0.15, 0.2) is 83.3 Å². The standard InChI is InChI=1S/C30H29FN2O5S/c1-19(17-37-18-20-5-3-2-4-6-20)13-14-39(35,36)33-26-16-27-25(15-24(26)21-7-8-21)28(30(32)34)29(38-27)22-9-11-23(31)12-10-22/h2-6,9-12,15-16,21,33H,1,7-8,13-14,17-18H2,(H2,32,34). The normalized spacial score (nSPS) is 13.5. The Hall–Kier alpha value is -3.95. The summed E-state index contributed by atoms with van der Waals surface area (Å²) in [6.45, 7) is 4.64. The highest BCUT2D eigenvalue weighted by atomic mass is 32.2. The Labute approximate surface area is 226 Å². The van der Waals surface area contributed by atoms with Crippen molar-refractivity contribution in [2.45, 2.75) is 31.8 Å². The van der Waals surface area contributed by atoms with Crippen LogP contribution < -0.4 is 10.5 Å². The number of amides is 1. The van der Waals surface area contributed by atoms with Crippen LogP contribution in [0.25, 0.3) is 22.3 Å². The van der Waals surface area contributed by atoms with Gasteiger partial charge in [-0.2, -0.15) is 0 Å². The van der Waals surface area contributed by atoms with Gasteiger partial charge in [0, 0.05) is 17.0 Å². The third kappa shape index (κ3) is 6.38. The van der Waals surface area contributed by atoms with E-state index in [-0.39, 0.29) is 36.0 Å². The van der Waals surface area contributed by atoms with Crippen LogP contribution in [0.1, 0.15) is 46.7 Å². The number of furan rings is 1. The van der Waals surface area contributed by atoms with E-state index < -0.39 is 21.7 Å². The van der Waals surface area contributed by atoms with Gasteiger partial charge in [-0.25, -0.2) is 12.8 Å². The third-order valence-electron chi connectivity index (χ3n) is 6.64. The highest BCUT2D eigenvalue weighted by molar-refractivity contribution is 7.92. The van der Waals surface area contributed by atoms with E-state index in [2.05, 4.69) is 11.3 Å². The monoisotopic (exact) mass is 548 g/mol. The van der Waals surface area contributed by atoms with Crippen molar-refractivity contribution in [3.05, 3.63) is 101 Å². The molecular weight excluding hydrogens is 519 g/mol. The first-order valence-corrected chi connectivity index (χ1v) is 14.3. The van der Waals surface area contributed by atoms with Crippen LogP contribution in [0.3, 0.4) is 0 Å². The number of carbonyl (C=O) groups is 1. The summed E-state index contributed by atoms with van der Waals surface area (Å²) in [5, 5.41) is 0.496. The van der Waals surface area contributed by atoms with Crippen molar-refractivity contribution >= 4 is 32.6 Å². The van der Waals surface area contributed by atoms with Crippen LogP contribution in [0.4, 0.5) is 10.1 Å². The summed E-state index contributed by atoms with van der Waals surface area (Å²) in [6, 6.07) is 18.6. The Bertz CT molecular complexity index is 1630. The molecule has 7 nitrogen and oxygen atoms in total. The highest BCUT2D eigenvalue weighted by Gasteiger charge is 2.30. The van der Waals surface area contributed by atoms with Gasteiger partial charge in [0.2, 0.25) is 10.0 Å². The van der Waals surface area contributed by atoms with Crippen LogP contribution in [0.5, 0.6) is 0 Å². The zero-order valence-corrected chi connectivity index (χ0v) is 22.1. The number of hydrogen-bond acceptors (Lipinski definition) is 5. The second kappa shape index (κ2) is 11.0. The molecule has 1 saturated carbocycles. The number of carbonyl (C=O) groups excluding carboxylic acids is 1. The average molecular weight is 549 g/mol. The first kappa shape index (κ1) is 26.6. The van der Waals surface area contributed by atoms with Gasteiger partial charge in [-0.1, -0.05) is 42.5 Å². The Balaban J connectivity index is 1.34. The molecule has 202 valence electrons. The number of rotatable bonds is 12. The summed E-state index contributed by atoms with van der Waals surface area (Å²) in [5.74, 6) is -0.886. The molecule has 1 aliphatic carbocycles. The van der Waals surface area contributed by atoms with Gasteiger partial charge < -0.3 is 14.9 Å². The Morgan fingerprint density at radius 3 is 2.49 bits per heavy atom. The smallest absolute Gasteiger partial charge is 0.253 e. The molecule has 0 saturated heterocycles. The molecule has 1 aliphatic rings. The van der Waals surface area contributed by atoms with E-state index in [9.17, 15) is 17.6 Å². The first-order chi connectivity index (χ1) is 18.7. The second-order valence-corrected chi connectivity index (χ2v) is 11.6. The fourth-order valence-corrected chi connectivity index (χ4v) is 5.66. The largest absolute Gasteiger partial charge is 0.455 e. The lowest BCUT2D eigenvalue weighted by Crippen LogP contribution is -2.18. The zero-order chi connectivity index (χ0) is 27.6. The van der Waals surface area contributed by atoms with Gasteiger partial charge in [-0.3, -0.25) is 9.52 Å². The zero-order valence-electron chi connectivity index (χ0n) is 21.3. The minimum absolute atomic E-state index is 0.159. The lowest BCUT2D eigenvalue weighted by molar-refractivity contribution is 0.100. The molecule has 1 amide bonds. The van der Waals surface area contributed by atoms with Gasteiger partial charge in [0.15, 0.2) is 0 Å². The van der Waals surface area contributed by atoms with Gasteiger partial charge in [-0.15, -0.1) is 0 Å². The molecular formula is C30H29FN2O5S. The predicted octanol–water partition coefficient (Wildman–Crippen LogP) is 6.12. The van der Waals surface area contributed by atoms with E-state index in [0.717, 1.165) is 24.0 Å². The first-order valence-electron chi connectivity index (χ1n) is 12.6. The van der Waals surface area contributed by atoms with Crippen LogP contribution in [-0.4, -0.2) is 26.7 Å². The minimum Gasteiger partial charge on any atom is -0.455 e. The summed E-state index contributed by atoms with van der Waals surface area (Å²) in [6.07, 6.45) is 2.06. The molecule has 5 rings (SSSR count). The lowest BCUT2D eigenvalue weighted by Gasteiger charge is -2.13. The summed E-state index contributed by atoms with van der Waals surface area (Å²) in [5.41, 5.74) is 9.58. The molecule has 1 aromatic heterocycles. The topological polar surface area (TPSA) is 112 Å². The molecule has 4 aromatic rings. The highest BCUT2D eigenvalue weighted by Crippen LogP contribution is 2.46. The van der Waals surface area contributed by atoms with Crippen molar-refractivity contribution < 1.29 is 26.8 Å². The number of nitrogens with one attached hydrogen (secondary N) is 1. The van der Waals surface area contributed by atoms with E-state index in [4.69, 9.17) is 14.9 Å². The summed E-state index contributed by atoms with van der Waals surface area (Å²) < 4.78 is 53.9. The maximum atomic E-state index is 13.5. The molecule has 0 aliphatic heterocycles. The molecule has 9 heteroatoms. The van der Waals surface area contributed by atoms with Crippen molar-refractivity contribution in [3.63, 3.8) is 0 Å². The number of primary amides is 1. The second-order valence-electron chi connectivity index (χ2n) is 9.79.